The van der Waals surface area contributed by atoms with Gasteiger partial charge in [0, 0.05) is 51.4 Å². The van der Waals surface area contributed by atoms with Gasteiger partial charge in [0.05, 0.1) is 0 Å². The third-order valence-corrected chi connectivity index (χ3v) is 7.19. The summed E-state index contributed by atoms with van der Waals surface area (Å²) >= 11 is 1.43. The molecule has 1 aromatic carbocycles. The molecule has 8 nitrogen and oxygen atoms in total. The summed E-state index contributed by atoms with van der Waals surface area (Å²) < 4.78 is 0. The highest BCUT2D eigenvalue weighted by atomic mass is 32.1. The third-order valence-electron chi connectivity index (χ3n) is 6.20. The van der Waals surface area contributed by atoms with Gasteiger partial charge in [0.1, 0.15) is 6.04 Å². The molecule has 0 spiro atoms. The maximum Gasteiger partial charge on any atom is 0.245 e. The molecule has 0 bridgehead atoms. The van der Waals surface area contributed by atoms with Crippen LogP contribution in [0.1, 0.15) is 25.7 Å². The van der Waals surface area contributed by atoms with Gasteiger partial charge in [-0.15, -0.1) is 10.2 Å². The third kappa shape index (κ3) is 3.62. The lowest BCUT2D eigenvalue weighted by molar-refractivity contribution is -0.132. The molecule has 3 aliphatic heterocycles. The van der Waals surface area contributed by atoms with Crippen molar-refractivity contribution in [2.24, 2.45) is 0 Å². The number of carbonyl (C=O) groups is 2. The number of rotatable bonds is 4. The SMILES string of the molecule is O=C([C@@H]1CCCN1c1nnc(N2CCCC2=O)s1)N1CCN(c2ccccc2)CC1. The van der Waals surface area contributed by atoms with E-state index in [1.54, 1.807) is 4.90 Å². The lowest BCUT2D eigenvalue weighted by Gasteiger charge is -2.38. The Morgan fingerprint density at radius 3 is 2.43 bits per heavy atom. The number of hydrogen-bond donors (Lipinski definition) is 0. The summed E-state index contributed by atoms with van der Waals surface area (Å²) in [6, 6.07) is 10.2. The highest BCUT2D eigenvalue weighted by Gasteiger charge is 2.37. The molecule has 0 unspecified atom stereocenters. The number of amides is 2. The fourth-order valence-electron chi connectivity index (χ4n) is 4.57. The zero-order valence-electron chi connectivity index (χ0n) is 16.9. The molecule has 158 valence electrons. The zero-order valence-corrected chi connectivity index (χ0v) is 17.8. The van der Waals surface area contributed by atoms with Crippen molar-refractivity contribution in [3.8, 4) is 0 Å². The quantitative estimate of drug-likeness (QED) is 0.745. The average Bonchev–Trinajstić information content (AvgIpc) is 3.54. The Hall–Kier alpha value is -2.68. The Bertz CT molecular complexity index is 911. The van der Waals surface area contributed by atoms with Crippen molar-refractivity contribution in [2.75, 3.05) is 54.0 Å². The normalized spacial score (nSPS) is 22.3. The Labute approximate surface area is 180 Å². The molecule has 2 aromatic rings. The van der Waals surface area contributed by atoms with Crippen molar-refractivity contribution in [3.63, 3.8) is 0 Å². The lowest BCUT2D eigenvalue weighted by Crippen LogP contribution is -2.53. The number of piperazine rings is 1. The minimum atomic E-state index is -0.177. The Morgan fingerprint density at radius 2 is 1.70 bits per heavy atom. The van der Waals surface area contributed by atoms with Crippen LogP contribution >= 0.6 is 11.3 Å². The van der Waals surface area contributed by atoms with Crippen LogP contribution in [0, 0.1) is 0 Å². The maximum absolute atomic E-state index is 13.3. The molecule has 0 aliphatic carbocycles. The van der Waals surface area contributed by atoms with E-state index in [-0.39, 0.29) is 17.9 Å². The van der Waals surface area contributed by atoms with Gasteiger partial charge in [0.15, 0.2) is 0 Å². The van der Waals surface area contributed by atoms with E-state index in [9.17, 15) is 9.59 Å². The lowest BCUT2D eigenvalue weighted by atomic mass is 10.1. The molecular weight excluding hydrogens is 400 g/mol. The van der Waals surface area contributed by atoms with Crippen molar-refractivity contribution < 1.29 is 9.59 Å². The van der Waals surface area contributed by atoms with Crippen molar-refractivity contribution in [1.29, 1.82) is 0 Å². The van der Waals surface area contributed by atoms with Gasteiger partial charge in [-0.3, -0.25) is 14.5 Å². The van der Waals surface area contributed by atoms with Gasteiger partial charge in [-0.25, -0.2) is 0 Å². The summed E-state index contributed by atoms with van der Waals surface area (Å²) in [6.07, 6.45) is 3.26. The van der Waals surface area contributed by atoms with E-state index in [0.717, 1.165) is 57.1 Å². The first kappa shape index (κ1) is 19.3. The molecule has 2 amide bonds. The van der Waals surface area contributed by atoms with E-state index in [4.69, 9.17) is 0 Å². The summed E-state index contributed by atoms with van der Waals surface area (Å²) in [5.41, 5.74) is 1.21. The van der Waals surface area contributed by atoms with E-state index in [1.807, 2.05) is 11.0 Å². The molecule has 3 aliphatic rings. The van der Waals surface area contributed by atoms with Gasteiger partial charge in [0.25, 0.3) is 0 Å². The number of aromatic nitrogens is 2. The topological polar surface area (TPSA) is 72.9 Å². The smallest absolute Gasteiger partial charge is 0.245 e. The largest absolute Gasteiger partial charge is 0.368 e. The van der Waals surface area contributed by atoms with Crippen molar-refractivity contribution in [2.45, 2.75) is 31.7 Å². The first-order valence-electron chi connectivity index (χ1n) is 10.7. The second kappa shape index (κ2) is 8.22. The van der Waals surface area contributed by atoms with Gasteiger partial charge in [-0.1, -0.05) is 29.5 Å². The summed E-state index contributed by atoms with van der Waals surface area (Å²) in [7, 11) is 0. The second-order valence-electron chi connectivity index (χ2n) is 8.02. The van der Waals surface area contributed by atoms with Crippen LogP contribution < -0.4 is 14.7 Å². The molecule has 0 saturated carbocycles. The molecule has 3 saturated heterocycles. The van der Waals surface area contributed by atoms with E-state index >= 15 is 0 Å². The molecule has 9 heteroatoms. The van der Waals surface area contributed by atoms with Crippen LogP contribution in [0.3, 0.4) is 0 Å². The zero-order chi connectivity index (χ0) is 20.5. The first-order chi connectivity index (χ1) is 14.7. The Morgan fingerprint density at radius 1 is 0.933 bits per heavy atom. The molecule has 0 N–H and O–H groups in total. The van der Waals surface area contributed by atoms with Gasteiger partial charge < -0.3 is 14.7 Å². The molecular formula is C21H26N6O2S. The number of anilines is 3. The highest BCUT2D eigenvalue weighted by Crippen LogP contribution is 2.34. The van der Waals surface area contributed by atoms with Crippen LogP contribution in [0.25, 0.3) is 0 Å². The fourth-order valence-corrected chi connectivity index (χ4v) is 5.54. The second-order valence-corrected chi connectivity index (χ2v) is 8.95. The van der Waals surface area contributed by atoms with Crippen molar-refractivity contribution in [3.05, 3.63) is 30.3 Å². The fraction of sp³-hybridized carbons (Fsp3) is 0.524. The predicted octanol–water partition coefficient (Wildman–Crippen LogP) is 1.98. The monoisotopic (exact) mass is 426 g/mol. The van der Waals surface area contributed by atoms with Crippen LogP contribution in [0.5, 0.6) is 0 Å². The number of nitrogens with zero attached hydrogens (tertiary/aromatic N) is 6. The van der Waals surface area contributed by atoms with Crippen LogP contribution in [0.2, 0.25) is 0 Å². The van der Waals surface area contributed by atoms with Gasteiger partial charge in [-0.05, 0) is 31.4 Å². The maximum atomic E-state index is 13.3. The van der Waals surface area contributed by atoms with Crippen molar-refractivity contribution >= 4 is 39.1 Å². The molecule has 1 atom stereocenters. The molecule has 30 heavy (non-hydrogen) atoms. The number of carbonyl (C=O) groups excluding carboxylic acids is 2. The standard InChI is InChI=1S/C21H26N6O2S/c28-18-9-5-11-27(18)21-23-22-20(30-21)26-10-4-8-17(26)19(29)25-14-12-24(13-15-25)16-6-2-1-3-7-16/h1-3,6-7,17H,4-5,8-15H2/t17-/m0/s1. The molecule has 1 aromatic heterocycles. The molecule has 3 fully saturated rings. The summed E-state index contributed by atoms with van der Waals surface area (Å²) in [4.78, 5) is 33.4. The summed E-state index contributed by atoms with van der Waals surface area (Å²) in [5.74, 6) is 0.303. The van der Waals surface area contributed by atoms with E-state index < -0.39 is 0 Å². The van der Waals surface area contributed by atoms with Gasteiger partial charge >= 0.3 is 0 Å². The van der Waals surface area contributed by atoms with E-state index in [1.165, 1.54) is 17.0 Å². The predicted molar refractivity (Wildman–Crippen MR) is 117 cm³/mol. The van der Waals surface area contributed by atoms with E-state index in [2.05, 4.69) is 44.3 Å². The van der Waals surface area contributed by atoms with Crippen LogP contribution in [0.4, 0.5) is 16.0 Å². The molecule has 5 rings (SSSR count). The van der Waals surface area contributed by atoms with Gasteiger partial charge in [-0.2, -0.15) is 0 Å². The number of benzene rings is 1. The number of para-hydroxylation sites is 1. The van der Waals surface area contributed by atoms with Crippen molar-refractivity contribution in [1.82, 2.24) is 15.1 Å². The first-order valence-corrected chi connectivity index (χ1v) is 11.5. The Kier molecular flexibility index (Phi) is 5.28. The van der Waals surface area contributed by atoms with Crippen LogP contribution in [-0.2, 0) is 9.59 Å². The molecule has 0 radical (unpaired) electrons. The highest BCUT2D eigenvalue weighted by molar-refractivity contribution is 7.19. The van der Waals surface area contributed by atoms with Gasteiger partial charge in [0.2, 0.25) is 22.1 Å². The Balaban J connectivity index is 1.24. The van der Waals surface area contributed by atoms with Crippen LogP contribution in [0.15, 0.2) is 30.3 Å². The minimum absolute atomic E-state index is 0.114. The molecule has 4 heterocycles. The summed E-state index contributed by atoms with van der Waals surface area (Å²) in [5, 5.41) is 9.98. The number of hydrogen-bond acceptors (Lipinski definition) is 7. The summed E-state index contributed by atoms with van der Waals surface area (Å²) in [6.45, 7) is 4.69. The van der Waals surface area contributed by atoms with Crippen LogP contribution in [-0.4, -0.2) is 72.2 Å². The van der Waals surface area contributed by atoms with E-state index in [0.29, 0.717) is 18.1 Å². The average molecular weight is 427 g/mol. The minimum Gasteiger partial charge on any atom is -0.368 e.